The van der Waals surface area contributed by atoms with Gasteiger partial charge in [-0.2, -0.15) is 0 Å². The third-order valence-electron chi connectivity index (χ3n) is 3.79. The molecule has 1 amide bonds. The number of ether oxygens (including phenoxy) is 1. The van der Waals surface area contributed by atoms with Gasteiger partial charge in [0.1, 0.15) is 0 Å². The Morgan fingerprint density at radius 1 is 1.53 bits per heavy atom. The highest BCUT2D eigenvalue weighted by Gasteiger charge is 2.27. The maximum atomic E-state index is 12.2. The normalized spacial score (nSPS) is 22.5. The summed E-state index contributed by atoms with van der Waals surface area (Å²) in [5.41, 5.74) is 1.72. The Hall–Kier alpha value is -0.870. The molecule has 19 heavy (non-hydrogen) atoms. The van der Waals surface area contributed by atoms with Gasteiger partial charge in [-0.3, -0.25) is 4.79 Å². The lowest BCUT2D eigenvalue weighted by Gasteiger charge is -2.17. The van der Waals surface area contributed by atoms with E-state index >= 15 is 0 Å². The molecule has 4 heteroatoms. The highest BCUT2D eigenvalue weighted by molar-refractivity contribution is 9.10. The molecule has 1 aliphatic heterocycles. The Kier molecular flexibility index (Phi) is 4.99. The van der Waals surface area contributed by atoms with E-state index in [0.29, 0.717) is 18.6 Å². The quantitative estimate of drug-likeness (QED) is 0.922. The Labute approximate surface area is 122 Å². The van der Waals surface area contributed by atoms with Gasteiger partial charge in [0.25, 0.3) is 5.91 Å². The van der Waals surface area contributed by atoms with Crippen LogP contribution >= 0.6 is 15.9 Å². The zero-order valence-electron chi connectivity index (χ0n) is 11.4. The number of benzene rings is 1. The van der Waals surface area contributed by atoms with Gasteiger partial charge in [-0.15, -0.1) is 0 Å². The lowest BCUT2D eigenvalue weighted by atomic mass is 9.99. The van der Waals surface area contributed by atoms with Gasteiger partial charge in [-0.1, -0.05) is 28.9 Å². The van der Waals surface area contributed by atoms with Crippen molar-refractivity contribution in [1.29, 1.82) is 0 Å². The van der Waals surface area contributed by atoms with E-state index in [1.54, 1.807) is 0 Å². The molecule has 1 fully saturated rings. The topological polar surface area (TPSA) is 38.3 Å². The fourth-order valence-electron chi connectivity index (χ4n) is 2.55. The second kappa shape index (κ2) is 6.53. The number of amides is 1. The zero-order chi connectivity index (χ0) is 13.8. The number of carbonyl (C=O) groups excluding carboxylic acids is 1. The number of rotatable bonds is 4. The largest absolute Gasteiger partial charge is 0.378 e. The molecule has 0 aliphatic carbocycles. The van der Waals surface area contributed by atoms with Crippen LogP contribution in [0, 0.1) is 12.8 Å². The fraction of sp³-hybridized carbons (Fsp3) is 0.533. The van der Waals surface area contributed by atoms with Gasteiger partial charge in [0.15, 0.2) is 0 Å². The Morgan fingerprint density at radius 3 is 3.05 bits per heavy atom. The lowest BCUT2D eigenvalue weighted by Crippen LogP contribution is -2.33. The van der Waals surface area contributed by atoms with Crippen LogP contribution in [0.5, 0.6) is 0 Å². The predicted octanol–water partition coefficient (Wildman–Crippen LogP) is 3.30. The molecule has 1 aromatic rings. The number of hydrogen-bond donors (Lipinski definition) is 1. The average Bonchev–Trinajstić information content (AvgIpc) is 2.86. The molecule has 104 valence electrons. The van der Waals surface area contributed by atoms with Crippen molar-refractivity contribution in [2.24, 2.45) is 5.92 Å². The second-order valence-electron chi connectivity index (χ2n) is 4.99. The molecule has 1 saturated heterocycles. The Balaban J connectivity index is 1.96. The van der Waals surface area contributed by atoms with Crippen LogP contribution in [0.15, 0.2) is 22.7 Å². The first-order valence-corrected chi connectivity index (χ1v) is 7.57. The molecule has 1 N–H and O–H groups in total. The third kappa shape index (κ3) is 3.37. The molecule has 1 aliphatic rings. The first-order valence-electron chi connectivity index (χ1n) is 6.78. The molecule has 0 radical (unpaired) electrons. The summed E-state index contributed by atoms with van der Waals surface area (Å²) in [6.45, 7) is 5.59. The molecule has 1 aromatic carbocycles. The smallest absolute Gasteiger partial charge is 0.251 e. The van der Waals surface area contributed by atoms with Crippen molar-refractivity contribution in [3.8, 4) is 0 Å². The summed E-state index contributed by atoms with van der Waals surface area (Å²) < 4.78 is 6.61. The minimum atomic E-state index is 0.000512. The van der Waals surface area contributed by atoms with Gasteiger partial charge >= 0.3 is 0 Å². The summed E-state index contributed by atoms with van der Waals surface area (Å²) in [7, 11) is 0. The zero-order valence-corrected chi connectivity index (χ0v) is 13.0. The van der Waals surface area contributed by atoms with Crippen molar-refractivity contribution in [2.75, 3.05) is 13.2 Å². The summed E-state index contributed by atoms with van der Waals surface area (Å²) in [6.07, 6.45) is 2.34. The summed E-state index contributed by atoms with van der Waals surface area (Å²) in [5.74, 6) is 0.446. The minimum absolute atomic E-state index is 0.000512. The van der Waals surface area contributed by atoms with Crippen LogP contribution in [-0.4, -0.2) is 25.2 Å². The van der Waals surface area contributed by atoms with Crippen molar-refractivity contribution < 1.29 is 9.53 Å². The van der Waals surface area contributed by atoms with Crippen LogP contribution in [0.25, 0.3) is 0 Å². The standard InChI is InChI=1S/C15H20BrNO2/c1-3-14-11(7-8-19-14)9-17-15(18)12-5-4-6-13(16)10(12)2/h4-6,11,14H,3,7-9H2,1-2H3,(H,17,18). The number of carbonyl (C=O) groups is 1. The van der Waals surface area contributed by atoms with Crippen LogP contribution in [0.1, 0.15) is 35.7 Å². The van der Waals surface area contributed by atoms with Crippen molar-refractivity contribution in [3.63, 3.8) is 0 Å². The van der Waals surface area contributed by atoms with E-state index in [-0.39, 0.29) is 5.91 Å². The van der Waals surface area contributed by atoms with Gasteiger partial charge in [-0.25, -0.2) is 0 Å². The van der Waals surface area contributed by atoms with E-state index < -0.39 is 0 Å². The van der Waals surface area contributed by atoms with Crippen molar-refractivity contribution >= 4 is 21.8 Å². The molecule has 2 rings (SSSR count). The Morgan fingerprint density at radius 2 is 2.32 bits per heavy atom. The molecular formula is C15H20BrNO2. The van der Waals surface area contributed by atoms with Crippen LogP contribution in [-0.2, 0) is 4.74 Å². The molecule has 0 spiro atoms. The number of halogens is 1. The van der Waals surface area contributed by atoms with Crippen LogP contribution in [0.2, 0.25) is 0 Å². The fourth-order valence-corrected chi connectivity index (χ4v) is 2.92. The van der Waals surface area contributed by atoms with Crippen molar-refractivity contribution in [1.82, 2.24) is 5.32 Å². The van der Waals surface area contributed by atoms with E-state index in [4.69, 9.17) is 4.74 Å². The van der Waals surface area contributed by atoms with Gasteiger partial charge in [-0.05, 0) is 37.5 Å². The first kappa shape index (κ1) is 14.5. The monoisotopic (exact) mass is 325 g/mol. The minimum Gasteiger partial charge on any atom is -0.378 e. The second-order valence-corrected chi connectivity index (χ2v) is 5.84. The highest BCUT2D eigenvalue weighted by atomic mass is 79.9. The molecule has 0 saturated carbocycles. The number of nitrogens with one attached hydrogen (secondary N) is 1. The van der Waals surface area contributed by atoms with Crippen LogP contribution < -0.4 is 5.32 Å². The molecule has 0 bridgehead atoms. The lowest BCUT2D eigenvalue weighted by molar-refractivity contribution is 0.0826. The molecule has 2 atom stereocenters. The maximum absolute atomic E-state index is 12.2. The molecular weight excluding hydrogens is 306 g/mol. The first-order chi connectivity index (χ1) is 9.13. The van der Waals surface area contributed by atoms with Gasteiger partial charge in [0.05, 0.1) is 6.10 Å². The van der Waals surface area contributed by atoms with Gasteiger partial charge in [0, 0.05) is 29.1 Å². The van der Waals surface area contributed by atoms with Crippen LogP contribution in [0.3, 0.4) is 0 Å². The van der Waals surface area contributed by atoms with E-state index in [1.165, 1.54) is 0 Å². The molecule has 3 nitrogen and oxygen atoms in total. The van der Waals surface area contributed by atoms with Gasteiger partial charge in [0.2, 0.25) is 0 Å². The average molecular weight is 326 g/mol. The Bertz CT molecular complexity index is 461. The van der Waals surface area contributed by atoms with Crippen molar-refractivity contribution in [2.45, 2.75) is 32.8 Å². The maximum Gasteiger partial charge on any atom is 0.251 e. The van der Waals surface area contributed by atoms with Crippen LogP contribution in [0.4, 0.5) is 0 Å². The summed E-state index contributed by atoms with van der Waals surface area (Å²) in [5, 5.41) is 3.03. The SMILES string of the molecule is CCC1OCCC1CNC(=O)c1cccc(Br)c1C. The molecule has 1 heterocycles. The van der Waals surface area contributed by atoms with E-state index in [9.17, 15) is 4.79 Å². The summed E-state index contributed by atoms with van der Waals surface area (Å²) >= 11 is 3.45. The van der Waals surface area contributed by atoms with Gasteiger partial charge < -0.3 is 10.1 Å². The number of hydrogen-bond acceptors (Lipinski definition) is 2. The van der Waals surface area contributed by atoms with Crippen molar-refractivity contribution in [3.05, 3.63) is 33.8 Å². The van der Waals surface area contributed by atoms with E-state index in [0.717, 1.165) is 35.0 Å². The van der Waals surface area contributed by atoms with E-state index in [2.05, 4.69) is 28.2 Å². The predicted molar refractivity (Wildman–Crippen MR) is 79.4 cm³/mol. The molecule has 2 unspecified atom stereocenters. The summed E-state index contributed by atoms with van der Waals surface area (Å²) in [6, 6.07) is 5.70. The highest BCUT2D eigenvalue weighted by Crippen LogP contribution is 2.23. The molecule has 0 aromatic heterocycles. The summed E-state index contributed by atoms with van der Waals surface area (Å²) in [4.78, 5) is 12.2. The third-order valence-corrected chi connectivity index (χ3v) is 4.64. The van der Waals surface area contributed by atoms with E-state index in [1.807, 2.05) is 25.1 Å².